The van der Waals surface area contributed by atoms with Crippen LogP contribution in [0.4, 0.5) is 5.82 Å². The van der Waals surface area contributed by atoms with E-state index in [2.05, 4.69) is 30.7 Å². The number of aryl methyl sites for hydroxylation is 2. The van der Waals surface area contributed by atoms with Crippen molar-refractivity contribution in [3.63, 3.8) is 0 Å². The van der Waals surface area contributed by atoms with Crippen LogP contribution in [-0.2, 0) is 6.54 Å². The predicted octanol–water partition coefficient (Wildman–Crippen LogP) is 5.19. The number of rotatable bonds is 6. The van der Waals surface area contributed by atoms with E-state index in [0.29, 0.717) is 22.9 Å². The van der Waals surface area contributed by atoms with Gasteiger partial charge in [-0.15, -0.1) is 0 Å². The first-order chi connectivity index (χ1) is 17.0. The van der Waals surface area contributed by atoms with Crippen molar-refractivity contribution in [3.8, 4) is 11.1 Å². The molecule has 0 bridgehead atoms. The number of nitrogens with zero attached hydrogens (tertiary/aromatic N) is 4. The van der Waals surface area contributed by atoms with E-state index in [1.165, 1.54) is 0 Å². The minimum atomic E-state index is -0.258. The number of carbonyl (C=O) groups is 1. The van der Waals surface area contributed by atoms with Gasteiger partial charge < -0.3 is 15.2 Å². The van der Waals surface area contributed by atoms with E-state index < -0.39 is 0 Å². The average Bonchev–Trinajstić information content (AvgIpc) is 3.20. The third-order valence-electron chi connectivity index (χ3n) is 6.00. The van der Waals surface area contributed by atoms with Gasteiger partial charge in [0.15, 0.2) is 0 Å². The third-order valence-corrected chi connectivity index (χ3v) is 7.25. The fourth-order valence-corrected chi connectivity index (χ4v) is 5.55. The van der Waals surface area contributed by atoms with Crippen molar-refractivity contribution >= 4 is 46.0 Å². The quantitative estimate of drug-likeness (QED) is 0.366. The van der Waals surface area contributed by atoms with Crippen molar-refractivity contribution in [1.82, 2.24) is 25.4 Å². The van der Waals surface area contributed by atoms with Gasteiger partial charge in [0, 0.05) is 35.9 Å². The second-order valence-electron chi connectivity index (χ2n) is 8.55. The lowest BCUT2D eigenvalue weighted by Crippen LogP contribution is -2.38. The molecular weight excluding hydrogens is 484 g/mol. The Kier molecular flexibility index (Phi) is 6.88. The van der Waals surface area contributed by atoms with Gasteiger partial charge in [-0.3, -0.25) is 9.78 Å². The van der Waals surface area contributed by atoms with Crippen LogP contribution in [0.3, 0.4) is 0 Å². The summed E-state index contributed by atoms with van der Waals surface area (Å²) >= 11 is 8.02. The molecule has 1 saturated heterocycles. The lowest BCUT2D eigenvalue weighted by Gasteiger charge is -2.22. The summed E-state index contributed by atoms with van der Waals surface area (Å²) in [7, 11) is 0. The van der Waals surface area contributed by atoms with E-state index in [-0.39, 0.29) is 17.8 Å². The number of pyridine rings is 1. The first-order valence-corrected chi connectivity index (χ1v) is 13.0. The van der Waals surface area contributed by atoms with Crippen LogP contribution < -0.4 is 10.6 Å². The lowest BCUT2D eigenvalue weighted by molar-refractivity contribution is 0.0925. The highest BCUT2D eigenvalue weighted by molar-refractivity contribution is 7.99. The largest absolute Gasteiger partial charge is 0.365 e. The van der Waals surface area contributed by atoms with Gasteiger partial charge in [0.2, 0.25) is 5.82 Å². The Bertz CT molecular complexity index is 1370. The molecule has 4 aromatic rings. The minimum Gasteiger partial charge on any atom is -0.365 e. The van der Waals surface area contributed by atoms with Crippen LogP contribution in [0.2, 0.25) is 5.02 Å². The first-order valence-electron chi connectivity index (χ1n) is 11.4. The number of thioether (sulfide) groups is 1. The number of amides is 1. The van der Waals surface area contributed by atoms with E-state index in [1.54, 1.807) is 12.4 Å². The van der Waals surface area contributed by atoms with E-state index in [1.807, 2.05) is 49.9 Å². The zero-order valence-corrected chi connectivity index (χ0v) is 21.0. The standard InChI is InChI=1S/C25H25ClN6O2S/c1-14-22(15(2)34-32-14)17-3-4-21-20(10-17)23(28-12-16-9-18(26)13-27-11-16)31-24(30-21)25(33)29-19-5-7-35-8-6-19/h3-4,9-11,13,19H,5-8,12H2,1-2H3,(H,29,33)(H,28,30,31). The maximum atomic E-state index is 13.1. The summed E-state index contributed by atoms with van der Waals surface area (Å²) in [5.41, 5.74) is 4.27. The van der Waals surface area contributed by atoms with Crippen LogP contribution in [0.15, 0.2) is 41.2 Å². The number of aromatic nitrogens is 4. The third kappa shape index (κ3) is 5.26. The molecule has 1 aromatic carbocycles. The average molecular weight is 509 g/mol. The number of halogens is 1. The maximum Gasteiger partial charge on any atom is 0.289 e. The molecule has 1 fully saturated rings. The summed E-state index contributed by atoms with van der Waals surface area (Å²) in [6.07, 6.45) is 5.24. The minimum absolute atomic E-state index is 0.146. The molecule has 0 unspecified atom stereocenters. The highest BCUT2D eigenvalue weighted by Gasteiger charge is 2.21. The molecule has 8 nitrogen and oxygen atoms in total. The Morgan fingerprint density at radius 3 is 2.74 bits per heavy atom. The van der Waals surface area contributed by atoms with Gasteiger partial charge in [-0.1, -0.05) is 22.8 Å². The molecule has 35 heavy (non-hydrogen) atoms. The number of fused-ring (bicyclic) bond motifs is 1. The fourth-order valence-electron chi connectivity index (χ4n) is 4.25. The lowest BCUT2D eigenvalue weighted by atomic mass is 10.0. The Balaban J connectivity index is 1.52. The van der Waals surface area contributed by atoms with Gasteiger partial charge in [0.25, 0.3) is 5.91 Å². The van der Waals surface area contributed by atoms with Crippen LogP contribution in [0.25, 0.3) is 22.0 Å². The number of nitrogens with one attached hydrogen (secondary N) is 2. The van der Waals surface area contributed by atoms with Crippen LogP contribution >= 0.6 is 23.4 Å². The Morgan fingerprint density at radius 1 is 1.17 bits per heavy atom. The topological polar surface area (TPSA) is 106 Å². The number of benzene rings is 1. The number of hydrogen-bond acceptors (Lipinski definition) is 8. The van der Waals surface area contributed by atoms with Crippen molar-refractivity contribution in [2.24, 2.45) is 0 Å². The summed E-state index contributed by atoms with van der Waals surface area (Å²) in [6, 6.07) is 7.86. The van der Waals surface area contributed by atoms with Crippen molar-refractivity contribution in [1.29, 1.82) is 0 Å². The van der Waals surface area contributed by atoms with Gasteiger partial charge in [0.1, 0.15) is 11.6 Å². The summed E-state index contributed by atoms with van der Waals surface area (Å²) < 4.78 is 5.36. The van der Waals surface area contributed by atoms with E-state index in [9.17, 15) is 4.79 Å². The Morgan fingerprint density at radius 2 is 2.00 bits per heavy atom. The van der Waals surface area contributed by atoms with Gasteiger partial charge in [0.05, 0.1) is 16.2 Å². The summed E-state index contributed by atoms with van der Waals surface area (Å²) in [6.45, 7) is 4.24. The highest BCUT2D eigenvalue weighted by Crippen LogP contribution is 2.31. The maximum absolute atomic E-state index is 13.1. The van der Waals surface area contributed by atoms with Gasteiger partial charge in [-0.05, 0) is 67.5 Å². The predicted molar refractivity (Wildman–Crippen MR) is 139 cm³/mol. The first kappa shape index (κ1) is 23.6. The smallest absolute Gasteiger partial charge is 0.289 e. The summed E-state index contributed by atoms with van der Waals surface area (Å²) in [5, 5.41) is 11.9. The molecule has 180 valence electrons. The molecular formula is C25H25ClN6O2S. The SMILES string of the molecule is Cc1noc(C)c1-c1ccc2nc(C(=O)NC3CCSCC3)nc(NCc3cncc(Cl)c3)c2c1. The molecule has 1 aliphatic heterocycles. The molecule has 1 amide bonds. The zero-order valence-electron chi connectivity index (χ0n) is 19.5. The monoisotopic (exact) mass is 508 g/mol. The van der Waals surface area contributed by atoms with Gasteiger partial charge in [-0.2, -0.15) is 11.8 Å². The van der Waals surface area contributed by atoms with Crippen LogP contribution in [0.1, 0.15) is 40.5 Å². The molecule has 0 atom stereocenters. The van der Waals surface area contributed by atoms with Crippen LogP contribution in [0, 0.1) is 13.8 Å². The normalized spacial score (nSPS) is 14.3. The molecule has 0 aliphatic carbocycles. The van der Waals surface area contributed by atoms with E-state index >= 15 is 0 Å². The number of carbonyl (C=O) groups excluding carboxylic acids is 1. The number of hydrogen-bond donors (Lipinski definition) is 2. The highest BCUT2D eigenvalue weighted by atomic mass is 35.5. The molecule has 0 saturated carbocycles. The van der Waals surface area contributed by atoms with Crippen LogP contribution in [0.5, 0.6) is 0 Å². The number of anilines is 1. The molecule has 10 heteroatoms. The molecule has 0 spiro atoms. The molecule has 3 aromatic heterocycles. The Hall–Kier alpha value is -3.17. The molecule has 1 aliphatic rings. The van der Waals surface area contributed by atoms with Crippen LogP contribution in [-0.4, -0.2) is 43.6 Å². The molecule has 5 rings (SSSR count). The van der Waals surface area contributed by atoms with Gasteiger partial charge in [-0.25, -0.2) is 9.97 Å². The summed E-state index contributed by atoms with van der Waals surface area (Å²) in [4.78, 5) is 26.4. The van der Waals surface area contributed by atoms with Gasteiger partial charge >= 0.3 is 0 Å². The Labute approximate surface area is 212 Å². The van der Waals surface area contributed by atoms with Crippen molar-refractivity contribution < 1.29 is 9.32 Å². The van der Waals surface area contributed by atoms with E-state index in [4.69, 9.17) is 16.1 Å². The fraction of sp³-hybridized carbons (Fsp3) is 0.320. The van der Waals surface area contributed by atoms with E-state index in [0.717, 1.165) is 57.9 Å². The van der Waals surface area contributed by atoms with Crippen molar-refractivity contribution in [2.45, 2.75) is 39.3 Å². The molecule has 4 heterocycles. The molecule has 2 N–H and O–H groups in total. The second kappa shape index (κ2) is 10.2. The zero-order chi connectivity index (χ0) is 24.4. The summed E-state index contributed by atoms with van der Waals surface area (Å²) in [5.74, 6) is 3.29. The molecule has 0 radical (unpaired) electrons. The van der Waals surface area contributed by atoms with Crippen molar-refractivity contribution in [3.05, 3.63) is 64.5 Å². The second-order valence-corrected chi connectivity index (χ2v) is 10.2. The van der Waals surface area contributed by atoms with Crippen molar-refractivity contribution in [2.75, 3.05) is 16.8 Å².